The molecule has 9 nitrogen and oxygen atoms in total. The van der Waals surface area contributed by atoms with E-state index in [0.29, 0.717) is 37.7 Å². The molecule has 0 radical (unpaired) electrons. The fourth-order valence-electron chi connectivity index (χ4n) is 4.54. The van der Waals surface area contributed by atoms with E-state index in [4.69, 9.17) is 23.9 Å². The van der Waals surface area contributed by atoms with Gasteiger partial charge < -0.3 is 18.9 Å². The molecule has 0 amide bonds. The Balaban J connectivity index is 1.64. The molecule has 3 heterocycles. The molecule has 0 saturated carbocycles. The summed E-state index contributed by atoms with van der Waals surface area (Å²) in [6.45, 7) is 3.67. The van der Waals surface area contributed by atoms with Gasteiger partial charge in [0.15, 0.2) is 22.9 Å². The first-order chi connectivity index (χ1) is 20.4. The van der Waals surface area contributed by atoms with Crippen molar-refractivity contribution in [1.29, 1.82) is 0 Å². The zero-order valence-corrected chi connectivity index (χ0v) is 24.8. The number of hydrogen-bond donors (Lipinski definition) is 0. The number of carbonyl (C=O) groups excluding carboxylic acids is 2. The number of rotatable bonds is 10. The highest BCUT2D eigenvalue weighted by Gasteiger charge is 2.35. The Morgan fingerprint density at radius 2 is 1.79 bits per heavy atom. The number of ether oxygens (including phenoxy) is 4. The molecule has 5 rings (SSSR count). The molecule has 42 heavy (non-hydrogen) atoms. The van der Waals surface area contributed by atoms with Crippen molar-refractivity contribution in [3.8, 4) is 11.5 Å². The summed E-state index contributed by atoms with van der Waals surface area (Å²) in [7, 11) is 1.49. The predicted octanol–water partition coefficient (Wildman–Crippen LogP) is 3.95. The SMILES string of the molecule is CCOC(=O)COc1ccc(/C=c2\sc3n(c2=O)[C@@H](c2cccs2)C(C(=O)OCC)=C(c2ccccc2)N=3)cc1OC. The number of hydrogen-bond acceptors (Lipinski definition) is 10. The average Bonchev–Trinajstić information content (AvgIpc) is 3.64. The molecule has 216 valence electrons. The van der Waals surface area contributed by atoms with Gasteiger partial charge >= 0.3 is 11.9 Å². The van der Waals surface area contributed by atoms with Crippen LogP contribution in [0.25, 0.3) is 11.8 Å². The van der Waals surface area contributed by atoms with Gasteiger partial charge in [-0.05, 0) is 49.1 Å². The molecule has 0 N–H and O–H groups in total. The highest BCUT2D eigenvalue weighted by atomic mass is 32.1. The summed E-state index contributed by atoms with van der Waals surface area (Å²) in [6, 6.07) is 17.7. The minimum Gasteiger partial charge on any atom is -0.493 e. The first-order valence-corrected chi connectivity index (χ1v) is 14.9. The van der Waals surface area contributed by atoms with Crippen LogP contribution in [0.15, 0.2) is 81.4 Å². The molecular weight excluding hydrogens is 576 g/mol. The van der Waals surface area contributed by atoms with Crippen LogP contribution in [0.5, 0.6) is 11.5 Å². The van der Waals surface area contributed by atoms with Gasteiger partial charge in [0.05, 0.1) is 36.1 Å². The molecule has 1 aliphatic rings. The minimum absolute atomic E-state index is 0.188. The smallest absolute Gasteiger partial charge is 0.344 e. The summed E-state index contributed by atoms with van der Waals surface area (Å²) >= 11 is 2.69. The van der Waals surface area contributed by atoms with Crippen LogP contribution >= 0.6 is 22.7 Å². The molecule has 11 heteroatoms. The summed E-state index contributed by atoms with van der Waals surface area (Å²) in [5.74, 6) is -0.236. The third-order valence-electron chi connectivity index (χ3n) is 6.32. The number of fused-ring (bicyclic) bond motifs is 1. The van der Waals surface area contributed by atoms with Crippen molar-refractivity contribution >= 4 is 46.4 Å². The van der Waals surface area contributed by atoms with E-state index in [1.807, 2.05) is 47.8 Å². The number of aromatic nitrogens is 1. The molecule has 1 aliphatic heterocycles. The predicted molar refractivity (Wildman–Crippen MR) is 161 cm³/mol. The number of carbonyl (C=O) groups is 2. The van der Waals surface area contributed by atoms with Gasteiger partial charge in [-0.1, -0.05) is 53.8 Å². The van der Waals surface area contributed by atoms with E-state index in [0.717, 1.165) is 10.4 Å². The summed E-state index contributed by atoms with van der Waals surface area (Å²) in [5.41, 5.74) is 1.94. The van der Waals surface area contributed by atoms with Crippen LogP contribution in [0.4, 0.5) is 0 Å². The lowest BCUT2D eigenvalue weighted by Gasteiger charge is -2.24. The summed E-state index contributed by atoms with van der Waals surface area (Å²) in [5, 5.41) is 1.91. The van der Waals surface area contributed by atoms with E-state index in [2.05, 4.69) is 0 Å². The van der Waals surface area contributed by atoms with Gasteiger partial charge in [-0.3, -0.25) is 9.36 Å². The fraction of sp³-hybridized carbons (Fsp3) is 0.226. The Morgan fingerprint density at radius 3 is 2.48 bits per heavy atom. The van der Waals surface area contributed by atoms with E-state index < -0.39 is 18.0 Å². The molecule has 2 aromatic carbocycles. The first-order valence-electron chi connectivity index (χ1n) is 13.2. The Labute approximate surface area is 249 Å². The number of thiazole rings is 1. The maximum atomic E-state index is 14.0. The van der Waals surface area contributed by atoms with Gasteiger partial charge in [-0.25, -0.2) is 14.6 Å². The highest BCUT2D eigenvalue weighted by molar-refractivity contribution is 7.10. The third kappa shape index (κ3) is 5.93. The largest absolute Gasteiger partial charge is 0.493 e. The van der Waals surface area contributed by atoms with E-state index >= 15 is 0 Å². The first kappa shape index (κ1) is 29.0. The van der Waals surface area contributed by atoms with Crippen LogP contribution in [0.2, 0.25) is 0 Å². The van der Waals surface area contributed by atoms with Crippen LogP contribution in [0.3, 0.4) is 0 Å². The van der Waals surface area contributed by atoms with Crippen LogP contribution in [0.1, 0.15) is 35.9 Å². The van der Waals surface area contributed by atoms with Crippen LogP contribution in [-0.4, -0.2) is 43.4 Å². The number of benzene rings is 2. The monoisotopic (exact) mass is 604 g/mol. The molecule has 1 atom stereocenters. The maximum Gasteiger partial charge on any atom is 0.344 e. The third-order valence-corrected chi connectivity index (χ3v) is 8.23. The van der Waals surface area contributed by atoms with E-state index in [9.17, 15) is 14.4 Å². The molecule has 2 aromatic heterocycles. The number of esters is 2. The van der Waals surface area contributed by atoms with Gasteiger partial charge in [0, 0.05) is 10.4 Å². The quantitative estimate of drug-likeness (QED) is 0.253. The van der Waals surface area contributed by atoms with Gasteiger partial charge in [0.1, 0.15) is 6.04 Å². The number of nitrogens with zero attached hydrogens (tertiary/aromatic N) is 2. The molecule has 0 aliphatic carbocycles. The maximum absolute atomic E-state index is 14.0. The molecule has 0 saturated heterocycles. The molecule has 0 unspecified atom stereocenters. The lowest BCUT2D eigenvalue weighted by molar-refractivity contribution is -0.145. The topological polar surface area (TPSA) is 105 Å². The second-order valence-electron chi connectivity index (χ2n) is 8.95. The van der Waals surface area contributed by atoms with Crippen LogP contribution < -0.4 is 24.4 Å². The van der Waals surface area contributed by atoms with Crippen molar-refractivity contribution in [3.05, 3.63) is 107 Å². The summed E-state index contributed by atoms with van der Waals surface area (Å²) in [4.78, 5) is 45.2. The normalized spacial score (nSPS) is 14.6. The standard InChI is InChI=1S/C31H28N2O7S2/c1-4-38-25(34)18-40-21-14-13-19(16-22(21)37-3)17-24-29(35)33-28(23-12-9-15-41-23)26(30(36)39-5-2)27(32-31(33)42-24)20-10-7-6-8-11-20/h6-17,28H,4-5,18H2,1-3H3/b24-17-/t28-/m0/s1. The second-order valence-corrected chi connectivity index (χ2v) is 10.9. The van der Waals surface area contributed by atoms with Gasteiger partial charge in [-0.2, -0.15) is 0 Å². The fourth-order valence-corrected chi connectivity index (χ4v) is 6.36. The Hall–Kier alpha value is -4.48. The molecule has 0 bridgehead atoms. The second kappa shape index (κ2) is 13.0. The van der Waals surface area contributed by atoms with Crippen LogP contribution in [0, 0.1) is 0 Å². The van der Waals surface area contributed by atoms with Gasteiger partial charge in [0.25, 0.3) is 5.56 Å². The molecule has 0 spiro atoms. The zero-order chi connectivity index (χ0) is 29.6. The Kier molecular flexibility index (Phi) is 8.99. The number of methoxy groups -OCH3 is 1. The summed E-state index contributed by atoms with van der Waals surface area (Å²) in [6.07, 6.45) is 1.74. The van der Waals surface area contributed by atoms with Crippen molar-refractivity contribution in [2.24, 2.45) is 4.99 Å². The molecule has 0 fully saturated rings. The van der Waals surface area contributed by atoms with Gasteiger partial charge in [-0.15, -0.1) is 11.3 Å². The minimum atomic E-state index is -0.703. The van der Waals surface area contributed by atoms with Crippen LogP contribution in [-0.2, 0) is 19.1 Å². The highest BCUT2D eigenvalue weighted by Crippen LogP contribution is 2.37. The van der Waals surface area contributed by atoms with Crippen molar-refractivity contribution in [3.63, 3.8) is 0 Å². The van der Waals surface area contributed by atoms with Crippen molar-refractivity contribution in [1.82, 2.24) is 4.57 Å². The zero-order valence-electron chi connectivity index (χ0n) is 23.2. The van der Waals surface area contributed by atoms with Crippen molar-refractivity contribution in [2.45, 2.75) is 19.9 Å². The average molecular weight is 605 g/mol. The lowest BCUT2D eigenvalue weighted by Crippen LogP contribution is -2.39. The lowest BCUT2D eigenvalue weighted by atomic mass is 9.97. The number of thiophene rings is 1. The van der Waals surface area contributed by atoms with Gasteiger partial charge in [0.2, 0.25) is 0 Å². The molecule has 4 aromatic rings. The van der Waals surface area contributed by atoms with Crippen molar-refractivity contribution in [2.75, 3.05) is 26.9 Å². The van der Waals surface area contributed by atoms with E-state index in [-0.39, 0.29) is 25.4 Å². The molecular formula is C31H28N2O7S2. The summed E-state index contributed by atoms with van der Waals surface area (Å²) < 4.78 is 23.4. The Bertz CT molecular complexity index is 1810. The Morgan fingerprint density at radius 1 is 1.00 bits per heavy atom. The van der Waals surface area contributed by atoms with E-state index in [1.54, 1.807) is 42.7 Å². The van der Waals surface area contributed by atoms with Crippen molar-refractivity contribution < 1.29 is 28.5 Å². The van der Waals surface area contributed by atoms with E-state index in [1.165, 1.54) is 29.8 Å².